The van der Waals surface area contributed by atoms with Crippen LogP contribution in [0.25, 0.3) is 10.9 Å². The van der Waals surface area contributed by atoms with Gasteiger partial charge in [0.1, 0.15) is 0 Å². The van der Waals surface area contributed by atoms with E-state index in [0.717, 1.165) is 19.5 Å². The summed E-state index contributed by atoms with van der Waals surface area (Å²) in [4.78, 5) is 5.73. The van der Waals surface area contributed by atoms with Gasteiger partial charge in [-0.2, -0.15) is 0 Å². The molecule has 0 unspecified atom stereocenters. The number of hydrogen-bond donors (Lipinski definition) is 1. The van der Waals surface area contributed by atoms with Crippen LogP contribution in [0.1, 0.15) is 11.1 Å². The summed E-state index contributed by atoms with van der Waals surface area (Å²) in [5.74, 6) is 0. The number of likely N-dealkylation sites (N-methyl/N-ethyl adjacent to an activating group) is 1. The number of rotatable bonds is 0. The Hall–Kier alpha value is -0.990. The van der Waals surface area contributed by atoms with Gasteiger partial charge in [-0.05, 0) is 30.7 Å². The summed E-state index contributed by atoms with van der Waals surface area (Å²) in [7, 11) is 2.19. The molecule has 0 saturated carbocycles. The van der Waals surface area contributed by atoms with Crippen molar-refractivity contribution in [3.05, 3.63) is 35.5 Å². The molecule has 0 aliphatic carbocycles. The van der Waals surface area contributed by atoms with E-state index in [1.165, 1.54) is 22.0 Å². The highest BCUT2D eigenvalue weighted by molar-refractivity contribution is 5.86. The minimum atomic E-state index is 0. The summed E-state index contributed by atoms with van der Waals surface area (Å²) < 4.78 is 0. The molecule has 3 heteroatoms. The van der Waals surface area contributed by atoms with Crippen LogP contribution in [0.2, 0.25) is 0 Å². The van der Waals surface area contributed by atoms with Crippen molar-refractivity contribution >= 4 is 23.3 Å². The molecular weight excluding hydrogens is 208 g/mol. The number of aromatic amines is 1. The van der Waals surface area contributed by atoms with E-state index >= 15 is 0 Å². The van der Waals surface area contributed by atoms with Crippen molar-refractivity contribution in [2.45, 2.75) is 13.0 Å². The highest BCUT2D eigenvalue weighted by atomic mass is 35.5. The standard InChI is InChI=1S/C12H14N2.ClH/c1-14-6-5-9-7-13-11-4-2-3-10(8-14)12(9)11;/h2-4,7,13H,5-6,8H2,1H3;1H. The summed E-state index contributed by atoms with van der Waals surface area (Å²) in [6, 6.07) is 6.53. The minimum Gasteiger partial charge on any atom is -0.361 e. The van der Waals surface area contributed by atoms with Gasteiger partial charge >= 0.3 is 0 Å². The van der Waals surface area contributed by atoms with Crippen molar-refractivity contribution < 1.29 is 0 Å². The van der Waals surface area contributed by atoms with Crippen molar-refractivity contribution in [1.82, 2.24) is 9.88 Å². The van der Waals surface area contributed by atoms with E-state index in [1.807, 2.05) is 0 Å². The number of H-pyrrole nitrogens is 1. The molecule has 0 fully saturated rings. The molecule has 1 aromatic carbocycles. The fourth-order valence-corrected chi connectivity index (χ4v) is 2.35. The van der Waals surface area contributed by atoms with Gasteiger partial charge in [0, 0.05) is 30.2 Å². The number of nitrogens with one attached hydrogen (secondary N) is 1. The van der Waals surface area contributed by atoms with Gasteiger partial charge in [0.2, 0.25) is 0 Å². The minimum absolute atomic E-state index is 0. The number of halogens is 1. The van der Waals surface area contributed by atoms with Crippen LogP contribution in [0.5, 0.6) is 0 Å². The Morgan fingerprint density at radius 1 is 1.27 bits per heavy atom. The van der Waals surface area contributed by atoms with Gasteiger partial charge in [-0.1, -0.05) is 12.1 Å². The maximum atomic E-state index is 3.34. The fourth-order valence-electron chi connectivity index (χ4n) is 2.35. The highest BCUT2D eigenvalue weighted by Crippen LogP contribution is 2.26. The van der Waals surface area contributed by atoms with Crippen LogP contribution < -0.4 is 0 Å². The van der Waals surface area contributed by atoms with Crippen molar-refractivity contribution in [2.24, 2.45) is 0 Å². The van der Waals surface area contributed by atoms with E-state index in [4.69, 9.17) is 0 Å². The molecule has 0 saturated heterocycles. The SMILES string of the molecule is CN1CCc2c[nH]c3cccc(c23)C1.Cl. The van der Waals surface area contributed by atoms with E-state index in [-0.39, 0.29) is 12.4 Å². The Labute approximate surface area is 95.7 Å². The van der Waals surface area contributed by atoms with Crippen LogP contribution in [-0.4, -0.2) is 23.5 Å². The summed E-state index contributed by atoms with van der Waals surface area (Å²) in [5, 5.41) is 1.46. The lowest BCUT2D eigenvalue weighted by molar-refractivity contribution is 0.336. The largest absolute Gasteiger partial charge is 0.361 e. The van der Waals surface area contributed by atoms with E-state index in [1.54, 1.807) is 0 Å². The quantitative estimate of drug-likeness (QED) is 0.726. The topological polar surface area (TPSA) is 19.0 Å². The Kier molecular flexibility index (Phi) is 2.72. The lowest BCUT2D eigenvalue weighted by Crippen LogP contribution is -2.18. The third-order valence-corrected chi connectivity index (χ3v) is 3.08. The van der Waals surface area contributed by atoms with Crippen LogP contribution in [0.4, 0.5) is 0 Å². The molecule has 2 nitrogen and oxygen atoms in total. The molecule has 1 aliphatic heterocycles. The van der Waals surface area contributed by atoms with Gasteiger partial charge in [-0.25, -0.2) is 0 Å². The van der Waals surface area contributed by atoms with Crippen LogP contribution >= 0.6 is 12.4 Å². The molecule has 80 valence electrons. The van der Waals surface area contributed by atoms with Crippen LogP contribution in [0.15, 0.2) is 24.4 Å². The second-order valence-electron chi connectivity index (χ2n) is 4.14. The normalized spacial score (nSPS) is 16.1. The smallest absolute Gasteiger partial charge is 0.0460 e. The van der Waals surface area contributed by atoms with Gasteiger partial charge in [-0.3, -0.25) is 0 Å². The second-order valence-corrected chi connectivity index (χ2v) is 4.14. The first-order valence-corrected chi connectivity index (χ1v) is 5.11. The van der Waals surface area contributed by atoms with E-state index in [2.05, 4.69) is 41.3 Å². The average Bonchev–Trinajstić information content (AvgIpc) is 2.51. The van der Waals surface area contributed by atoms with Crippen molar-refractivity contribution in [3.63, 3.8) is 0 Å². The monoisotopic (exact) mass is 222 g/mol. The van der Waals surface area contributed by atoms with E-state index < -0.39 is 0 Å². The Bertz CT molecular complexity index is 475. The van der Waals surface area contributed by atoms with Crippen LogP contribution in [-0.2, 0) is 13.0 Å². The molecule has 0 spiro atoms. The lowest BCUT2D eigenvalue weighted by Gasteiger charge is -2.13. The second kappa shape index (κ2) is 3.87. The zero-order valence-corrected chi connectivity index (χ0v) is 9.60. The molecule has 0 atom stereocenters. The number of aromatic nitrogens is 1. The Morgan fingerprint density at radius 2 is 2.13 bits per heavy atom. The maximum absolute atomic E-state index is 3.34. The molecule has 0 amide bonds. The molecule has 3 rings (SSSR count). The van der Waals surface area contributed by atoms with Crippen LogP contribution in [0, 0.1) is 0 Å². The van der Waals surface area contributed by atoms with E-state index in [0.29, 0.717) is 0 Å². The first kappa shape index (κ1) is 10.5. The summed E-state index contributed by atoms with van der Waals surface area (Å²) in [6.45, 7) is 2.23. The predicted octanol–water partition coefficient (Wildman–Crippen LogP) is 2.58. The van der Waals surface area contributed by atoms with Gasteiger partial charge in [0.05, 0.1) is 0 Å². The maximum Gasteiger partial charge on any atom is 0.0460 e. The van der Waals surface area contributed by atoms with Crippen molar-refractivity contribution in [3.8, 4) is 0 Å². The summed E-state index contributed by atoms with van der Waals surface area (Å²) in [5.41, 5.74) is 4.21. The molecule has 1 aromatic heterocycles. The van der Waals surface area contributed by atoms with Crippen molar-refractivity contribution in [1.29, 1.82) is 0 Å². The number of nitrogens with zero attached hydrogens (tertiary/aromatic N) is 1. The molecule has 2 aromatic rings. The van der Waals surface area contributed by atoms with Crippen LogP contribution in [0.3, 0.4) is 0 Å². The third-order valence-electron chi connectivity index (χ3n) is 3.08. The van der Waals surface area contributed by atoms with Gasteiger partial charge in [0.15, 0.2) is 0 Å². The summed E-state index contributed by atoms with van der Waals surface area (Å²) in [6.07, 6.45) is 3.32. The Balaban J connectivity index is 0.000000853. The highest BCUT2D eigenvalue weighted by Gasteiger charge is 2.14. The van der Waals surface area contributed by atoms with Gasteiger partial charge in [-0.15, -0.1) is 12.4 Å². The van der Waals surface area contributed by atoms with Crippen molar-refractivity contribution in [2.75, 3.05) is 13.6 Å². The molecule has 0 bridgehead atoms. The third kappa shape index (κ3) is 1.64. The Morgan fingerprint density at radius 3 is 3.00 bits per heavy atom. The number of hydrogen-bond acceptors (Lipinski definition) is 1. The van der Waals surface area contributed by atoms with Gasteiger partial charge in [0.25, 0.3) is 0 Å². The van der Waals surface area contributed by atoms with Gasteiger partial charge < -0.3 is 9.88 Å². The lowest BCUT2D eigenvalue weighted by atomic mass is 10.1. The molecule has 0 radical (unpaired) electrons. The molecule has 1 N–H and O–H groups in total. The fraction of sp³-hybridized carbons (Fsp3) is 0.333. The molecule has 2 heterocycles. The molecular formula is C12H15ClN2. The molecule has 15 heavy (non-hydrogen) atoms. The zero-order valence-electron chi connectivity index (χ0n) is 8.79. The van der Waals surface area contributed by atoms with E-state index in [9.17, 15) is 0 Å². The molecule has 1 aliphatic rings. The first-order chi connectivity index (χ1) is 6.84. The first-order valence-electron chi connectivity index (χ1n) is 5.11. The number of benzene rings is 1. The average molecular weight is 223 g/mol. The summed E-state index contributed by atoms with van der Waals surface area (Å²) >= 11 is 0. The zero-order chi connectivity index (χ0) is 9.54. The predicted molar refractivity (Wildman–Crippen MR) is 65.6 cm³/mol.